The lowest BCUT2D eigenvalue weighted by Crippen LogP contribution is -2.45. The molecule has 1 amide bonds. The highest BCUT2D eigenvalue weighted by molar-refractivity contribution is 5.85. The van der Waals surface area contributed by atoms with Crippen molar-refractivity contribution in [1.82, 2.24) is 5.32 Å². The SMILES string of the molecule is O=C(Cc1ccc([N+](=O)[O-])cc1)N[C@@H](C(=O)O)[C@@H](O)c1cccc([N+](=O)[O-])c1. The van der Waals surface area contributed by atoms with E-state index in [4.69, 9.17) is 0 Å². The lowest BCUT2D eigenvalue weighted by molar-refractivity contribution is -0.385. The molecule has 0 bridgehead atoms. The molecule has 2 atom stereocenters. The fourth-order valence-corrected chi connectivity index (χ4v) is 2.44. The molecule has 0 fully saturated rings. The average molecular weight is 389 g/mol. The van der Waals surface area contributed by atoms with Crippen LogP contribution in [0.15, 0.2) is 48.5 Å². The molecule has 0 spiro atoms. The van der Waals surface area contributed by atoms with E-state index >= 15 is 0 Å². The van der Waals surface area contributed by atoms with E-state index < -0.39 is 33.9 Å². The van der Waals surface area contributed by atoms with E-state index in [1.807, 2.05) is 0 Å². The van der Waals surface area contributed by atoms with Crippen LogP contribution in [0.4, 0.5) is 11.4 Å². The van der Waals surface area contributed by atoms with Gasteiger partial charge in [0.05, 0.1) is 16.3 Å². The molecular formula is C17H15N3O8. The third-order valence-corrected chi connectivity index (χ3v) is 3.83. The third kappa shape index (κ3) is 5.08. The Bertz CT molecular complexity index is 913. The van der Waals surface area contributed by atoms with Gasteiger partial charge in [-0.15, -0.1) is 0 Å². The summed E-state index contributed by atoms with van der Waals surface area (Å²) in [5, 5.41) is 43.2. The fourth-order valence-electron chi connectivity index (χ4n) is 2.44. The van der Waals surface area contributed by atoms with Crippen molar-refractivity contribution < 1.29 is 29.6 Å². The Hall–Kier alpha value is -3.86. The van der Waals surface area contributed by atoms with Crippen LogP contribution in [-0.2, 0) is 16.0 Å². The number of aliphatic hydroxyl groups is 1. The zero-order valence-corrected chi connectivity index (χ0v) is 14.2. The van der Waals surface area contributed by atoms with Crippen LogP contribution in [0, 0.1) is 20.2 Å². The summed E-state index contributed by atoms with van der Waals surface area (Å²) in [6, 6.07) is 8.15. The number of nitro benzene ring substituents is 2. The minimum Gasteiger partial charge on any atom is -0.480 e. The molecule has 0 aliphatic rings. The van der Waals surface area contributed by atoms with Crippen LogP contribution in [0.3, 0.4) is 0 Å². The zero-order chi connectivity index (χ0) is 20.8. The number of aliphatic carboxylic acids is 1. The van der Waals surface area contributed by atoms with Gasteiger partial charge in [-0.2, -0.15) is 0 Å². The fraction of sp³-hybridized carbons (Fsp3) is 0.176. The number of carbonyl (C=O) groups excluding carboxylic acids is 1. The largest absolute Gasteiger partial charge is 0.480 e. The molecule has 2 rings (SSSR count). The number of amides is 1. The second-order valence-corrected chi connectivity index (χ2v) is 5.78. The van der Waals surface area contributed by atoms with Gasteiger partial charge in [-0.05, 0) is 11.1 Å². The van der Waals surface area contributed by atoms with Crippen molar-refractivity contribution in [3.05, 3.63) is 79.9 Å². The highest BCUT2D eigenvalue weighted by Gasteiger charge is 2.30. The minimum absolute atomic E-state index is 0.0442. The van der Waals surface area contributed by atoms with Crippen molar-refractivity contribution in [3.8, 4) is 0 Å². The van der Waals surface area contributed by atoms with Crippen molar-refractivity contribution in [2.45, 2.75) is 18.6 Å². The standard InChI is InChI=1S/C17H15N3O8/c21-14(8-10-4-6-12(7-5-10)19(25)26)18-15(17(23)24)16(22)11-2-1-3-13(9-11)20(27)28/h1-7,9,15-16,22H,8H2,(H,18,21)(H,23,24)/t15-,16+/m1/s1. The molecule has 11 heteroatoms. The molecule has 11 nitrogen and oxygen atoms in total. The number of benzene rings is 2. The van der Waals surface area contributed by atoms with Gasteiger partial charge in [0.1, 0.15) is 6.10 Å². The summed E-state index contributed by atoms with van der Waals surface area (Å²) < 4.78 is 0. The molecule has 0 aromatic heterocycles. The number of nitrogens with zero attached hydrogens (tertiary/aromatic N) is 2. The van der Waals surface area contributed by atoms with Crippen molar-refractivity contribution in [1.29, 1.82) is 0 Å². The van der Waals surface area contributed by atoms with E-state index in [9.17, 15) is 40.0 Å². The second kappa shape index (κ2) is 8.68. The molecule has 3 N–H and O–H groups in total. The molecule has 0 saturated carbocycles. The molecule has 2 aromatic carbocycles. The maximum atomic E-state index is 12.1. The Morgan fingerprint density at radius 2 is 1.61 bits per heavy atom. The van der Waals surface area contributed by atoms with E-state index in [0.29, 0.717) is 5.56 Å². The zero-order valence-electron chi connectivity index (χ0n) is 14.2. The summed E-state index contributed by atoms with van der Waals surface area (Å²) in [7, 11) is 0. The van der Waals surface area contributed by atoms with Gasteiger partial charge in [0.15, 0.2) is 6.04 Å². The van der Waals surface area contributed by atoms with Crippen molar-refractivity contribution in [3.63, 3.8) is 0 Å². The van der Waals surface area contributed by atoms with Crippen molar-refractivity contribution >= 4 is 23.3 Å². The summed E-state index contributed by atoms with van der Waals surface area (Å²) in [4.78, 5) is 43.7. The smallest absolute Gasteiger partial charge is 0.329 e. The first kappa shape index (κ1) is 20.5. The Morgan fingerprint density at radius 1 is 1.00 bits per heavy atom. The van der Waals surface area contributed by atoms with Gasteiger partial charge < -0.3 is 15.5 Å². The maximum absolute atomic E-state index is 12.1. The summed E-state index contributed by atoms with van der Waals surface area (Å²) in [5.74, 6) is -2.28. The van der Waals surface area contributed by atoms with Gasteiger partial charge in [0.25, 0.3) is 11.4 Å². The molecule has 0 aliphatic heterocycles. The third-order valence-electron chi connectivity index (χ3n) is 3.83. The molecule has 0 radical (unpaired) electrons. The molecule has 0 saturated heterocycles. The second-order valence-electron chi connectivity index (χ2n) is 5.78. The summed E-state index contributed by atoms with van der Waals surface area (Å²) in [6.07, 6.45) is -2.00. The van der Waals surface area contributed by atoms with Crippen LogP contribution in [0.2, 0.25) is 0 Å². The van der Waals surface area contributed by atoms with Gasteiger partial charge in [0, 0.05) is 24.3 Å². The van der Waals surface area contributed by atoms with Crippen LogP contribution in [-0.4, -0.2) is 38.0 Å². The predicted octanol–water partition coefficient (Wildman–Crippen LogP) is 1.35. The maximum Gasteiger partial charge on any atom is 0.329 e. The van der Waals surface area contributed by atoms with Crippen LogP contribution < -0.4 is 5.32 Å². The molecular weight excluding hydrogens is 374 g/mol. The Balaban J connectivity index is 2.12. The Labute approximate surface area is 157 Å². The van der Waals surface area contributed by atoms with Crippen LogP contribution in [0.25, 0.3) is 0 Å². The topological polar surface area (TPSA) is 173 Å². The normalized spacial score (nSPS) is 12.6. The van der Waals surface area contributed by atoms with E-state index in [1.165, 1.54) is 42.5 Å². The van der Waals surface area contributed by atoms with E-state index in [0.717, 1.165) is 6.07 Å². The highest BCUT2D eigenvalue weighted by Crippen LogP contribution is 2.22. The molecule has 2 aromatic rings. The molecule has 146 valence electrons. The lowest BCUT2D eigenvalue weighted by atomic mass is 10.0. The average Bonchev–Trinajstić information content (AvgIpc) is 2.65. The monoisotopic (exact) mass is 389 g/mol. The Morgan fingerprint density at radius 3 is 2.14 bits per heavy atom. The van der Waals surface area contributed by atoms with Crippen LogP contribution in [0.1, 0.15) is 17.2 Å². The molecule has 0 aliphatic carbocycles. The number of nitrogens with one attached hydrogen (secondary N) is 1. The number of carboxylic acids is 1. The van der Waals surface area contributed by atoms with Crippen molar-refractivity contribution in [2.24, 2.45) is 0 Å². The van der Waals surface area contributed by atoms with Gasteiger partial charge in [-0.25, -0.2) is 4.79 Å². The first-order valence-electron chi connectivity index (χ1n) is 7.87. The van der Waals surface area contributed by atoms with Crippen LogP contribution in [0.5, 0.6) is 0 Å². The first-order valence-corrected chi connectivity index (χ1v) is 7.87. The summed E-state index contributed by atoms with van der Waals surface area (Å²) in [5.41, 5.74) is -0.138. The van der Waals surface area contributed by atoms with Gasteiger partial charge in [-0.1, -0.05) is 24.3 Å². The number of hydrogen-bond acceptors (Lipinski definition) is 7. The molecule has 28 heavy (non-hydrogen) atoms. The van der Waals surface area contributed by atoms with E-state index in [-0.39, 0.29) is 23.4 Å². The van der Waals surface area contributed by atoms with Gasteiger partial charge in [0.2, 0.25) is 5.91 Å². The number of carbonyl (C=O) groups is 2. The van der Waals surface area contributed by atoms with Crippen molar-refractivity contribution in [2.75, 3.05) is 0 Å². The Kier molecular flexibility index (Phi) is 6.34. The minimum atomic E-state index is -1.74. The molecule has 0 heterocycles. The number of aliphatic hydroxyl groups excluding tert-OH is 1. The summed E-state index contributed by atoms with van der Waals surface area (Å²) >= 11 is 0. The van der Waals surface area contributed by atoms with Gasteiger partial charge in [-0.3, -0.25) is 25.0 Å². The number of non-ortho nitro benzene ring substituents is 2. The predicted molar refractivity (Wildman–Crippen MR) is 94.4 cm³/mol. The van der Waals surface area contributed by atoms with Crippen LogP contribution >= 0.6 is 0 Å². The summed E-state index contributed by atoms with van der Waals surface area (Å²) in [6.45, 7) is 0. The number of nitro groups is 2. The first-order chi connectivity index (χ1) is 13.2. The number of carboxylic acid groups (broad SMARTS) is 1. The number of rotatable bonds is 8. The van der Waals surface area contributed by atoms with E-state index in [1.54, 1.807) is 0 Å². The van der Waals surface area contributed by atoms with E-state index in [2.05, 4.69) is 5.32 Å². The lowest BCUT2D eigenvalue weighted by Gasteiger charge is -2.20. The quantitative estimate of drug-likeness (QED) is 0.448. The highest BCUT2D eigenvalue weighted by atomic mass is 16.6. The molecule has 0 unspecified atom stereocenters. The van der Waals surface area contributed by atoms with Gasteiger partial charge >= 0.3 is 5.97 Å². The number of hydrogen-bond donors (Lipinski definition) is 3.